The first kappa shape index (κ1) is 25.8. The summed E-state index contributed by atoms with van der Waals surface area (Å²) in [5, 5.41) is 1.42. The molecular formula is C22H19ClF6IN5O. The van der Waals surface area contributed by atoms with Gasteiger partial charge in [-0.1, -0.05) is 11.6 Å². The molecule has 0 aliphatic carbocycles. The van der Waals surface area contributed by atoms with Gasteiger partial charge in [-0.05, 0) is 71.9 Å². The number of ether oxygens (including phenoxy) is 1. The lowest BCUT2D eigenvalue weighted by Crippen LogP contribution is -2.39. The molecule has 2 aromatic heterocycles. The highest BCUT2D eigenvalue weighted by atomic mass is 127. The van der Waals surface area contributed by atoms with Crippen molar-refractivity contribution in [1.82, 2.24) is 19.9 Å². The number of anilines is 1. The number of alkyl halides is 6. The smallest absolute Gasteiger partial charge is 0.381 e. The molecule has 1 N–H and O–H groups in total. The minimum Gasteiger partial charge on any atom is -0.381 e. The second kappa shape index (κ2) is 9.46. The van der Waals surface area contributed by atoms with Crippen LogP contribution in [0, 0.1) is 9.49 Å². The monoisotopic (exact) mass is 645 g/mol. The molecule has 1 fully saturated rings. The second-order valence-electron chi connectivity index (χ2n) is 8.88. The predicted octanol–water partition coefficient (Wildman–Crippen LogP) is 6.57. The maximum Gasteiger partial charge on any atom is 0.451 e. The number of rotatable bonds is 3. The fraction of sp³-hybridized carbons (Fsp3) is 0.500. The SMILES string of the molecule is FC(F)(F)c1nc(N2CCc3c([nH]c4c(I)cc(Cl)cc34)[C@@H]2C[C@@H]2CCCOC2)nc(C(F)(F)F)n1. The molecule has 2 atom stereocenters. The minimum atomic E-state index is -5.17. The van der Waals surface area contributed by atoms with E-state index in [1.54, 1.807) is 6.07 Å². The summed E-state index contributed by atoms with van der Waals surface area (Å²) < 4.78 is 87.2. The number of aromatic amines is 1. The highest BCUT2D eigenvalue weighted by Crippen LogP contribution is 2.43. The fourth-order valence-electron chi connectivity index (χ4n) is 4.93. The summed E-state index contributed by atoms with van der Waals surface area (Å²) in [5.41, 5.74) is 2.47. The third kappa shape index (κ3) is 4.97. The Morgan fingerprint density at radius 2 is 1.78 bits per heavy atom. The van der Waals surface area contributed by atoms with Crippen LogP contribution in [0.25, 0.3) is 10.9 Å². The van der Waals surface area contributed by atoms with E-state index in [4.69, 9.17) is 16.3 Å². The Labute approximate surface area is 219 Å². The van der Waals surface area contributed by atoms with Crippen LogP contribution >= 0.6 is 34.2 Å². The molecular weight excluding hydrogens is 627 g/mol. The van der Waals surface area contributed by atoms with Crippen molar-refractivity contribution in [2.75, 3.05) is 24.7 Å². The van der Waals surface area contributed by atoms with Crippen LogP contribution in [-0.2, 0) is 23.5 Å². The van der Waals surface area contributed by atoms with E-state index in [1.165, 1.54) is 4.90 Å². The maximum absolute atomic E-state index is 13.5. The van der Waals surface area contributed by atoms with Crippen LogP contribution in [0.3, 0.4) is 0 Å². The van der Waals surface area contributed by atoms with Crippen molar-refractivity contribution in [1.29, 1.82) is 0 Å². The van der Waals surface area contributed by atoms with E-state index >= 15 is 0 Å². The van der Waals surface area contributed by atoms with Crippen LogP contribution in [0.5, 0.6) is 0 Å². The topological polar surface area (TPSA) is 66.9 Å². The number of hydrogen-bond donors (Lipinski definition) is 1. The van der Waals surface area contributed by atoms with Crippen molar-refractivity contribution < 1.29 is 31.1 Å². The summed E-state index contributed by atoms with van der Waals surface area (Å²) in [6.07, 6.45) is -7.87. The number of hydrogen-bond acceptors (Lipinski definition) is 5. The van der Waals surface area contributed by atoms with E-state index in [1.807, 2.05) is 6.07 Å². The molecule has 2 aliphatic rings. The zero-order valence-electron chi connectivity index (χ0n) is 18.5. The van der Waals surface area contributed by atoms with Gasteiger partial charge in [-0.25, -0.2) is 4.98 Å². The van der Waals surface area contributed by atoms with Gasteiger partial charge in [0.05, 0.1) is 11.6 Å². The van der Waals surface area contributed by atoms with Crippen LogP contribution in [-0.4, -0.2) is 39.7 Å². The minimum absolute atomic E-state index is 0.0669. The van der Waals surface area contributed by atoms with Crippen molar-refractivity contribution >= 4 is 51.0 Å². The first-order valence-corrected chi connectivity index (χ1v) is 12.6. The Morgan fingerprint density at radius 3 is 2.39 bits per heavy atom. The molecule has 36 heavy (non-hydrogen) atoms. The molecule has 1 aromatic carbocycles. The first-order valence-electron chi connectivity index (χ1n) is 11.2. The Hall–Kier alpha value is -1.87. The first-order chi connectivity index (χ1) is 16.9. The predicted molar refractivity (Wildman–Crippen MR) is 128 cm³/mol. The summed E-state index contributed by atoms with van der Waals surface area (Å²) in [6.45, 7) is 1.21. The molecule has 194 valence electrons. The quantitative estimate of drug-likeness (QED) is 0.258. The van der Waals surface area contributed by atoms with Crippen LogP contribution in [0.1, 0.15) is 48.2 Å². The molecule has 0 radical (unpaired) electrons. The number of aromatic nitrogens is 4. The Balaban J connectivity index is 1.65. The van der Waals surface area contributed by atoms with Gasteiger partial charge >= 0.3 is 12.4 Å². The lowest BCUT2D eigenvalue weighted by Gasteiger charge is -2.38. The average molecular weight is 646 g/mol. The van der Waals surface area contributed by atoms with Gasteiger partial charge in [-0.2, -0.15) is 36.3 Å². The van der Waals surface area contributed by atoms with Crippen LogP contribution in [0.2, 0.25) is 5.02 Å². The van der Waals surface area contributed by atoms with E-state index in [2.05, 4.69) is 42.5 Å². The molecule has 4 heterocycles. The van der Waals surface area contributed by atoms with Gasteiger partial charge in [-0.15, -0.1) is 0 Å². The molecule has 1 saturated heterocycles. The van der Waals surface area contributed by atoms with E-state index in [9.17, 15) is 26.3 Å². The molecule has 0 bridgehead atoms. The maximum atomic E-state index is 13.5. The molecule has 5 rings (SSSR count). The number of H-pyrrole nitrogens is 1. The van der Waals surface area contributed by atoms with Crippen molar-refractivity contribution in [2.24, 2.45) is 5.92 Å². The lowest BCUT2D eigenvalue weighted by molar-refractivity contribution is -0.155. The number of nitrogens with one attached hydrogen (secondary N) is 1. The van der Waals surface area contributed by atoms with Crippen LogP contribution in [0.15, 0.2) is 12.1 Å². The highest BCUT2D eigenvalue weighted by Gasteiger charge is 2.43. The van der Waals surface area contributed by atoms with Gasteiger partial charge in [0.15, 0.2) is 0 Å². The molecule has 14 heteroatoms. The molecule has 2 aliphatic heterocycles. The summed E-state index contributed by atoms with van der Waals surface area (Å²) in [7, 11) is 0. The summed E-state index contributed by atoms with van der Waals surface area (Å²) in [4.78, 5) is 14.4. The molecule has 0 spiro atoms. The van der Waals surface area contributed by atoms with Gasteiger partial charge in [0, 0.05) is 39.4 Å². The lowest BCUT2D eigenvalue weighted by atomic mass is 9.88. The van der Waals surface area contributed by atoms with Crippen molar-refractivity contribution in [3.63, 3.8) is 0 Å². The summed E-state index contributed by atoms with van der Waals surface area (Å²) in [6, 6.07) is 3.01. The van der Waals surface area contributed by atoms with E-state index in [-0.39, 0.29) is 12.5 Å². The van der Waals surface area contributed by atoms with E-state index in [0.29, 0.717) is 36.8 Å². The molecule has 3 aromatic rings. The Bertz CT molecular complexity index is 1260. The van der Waals surface area contributed by atoms with E-state index < -0.39 is 36.0 Å². The number of nitrogens with zero attached hydrogens (tertiary/aromatic N) is 4. The zero-order valence-corrected chi connectivity index (χ0v) is 21.4. The number of benzene rings is 1. The third-order valence-electron chi connectivity index (χ3n) is 6.48. The zero-order chi connectivity index (χ0) is 25.8. The van der Waals surface area contributed by atoms with Gasteiger partial charge in [0.2, 0.25) is 17.6 Å². The fourth-order valence-corrected chi connectivity index (χ4v) is 6.09. The molecule has 0 saturated carbocycles. The van der Waals surface area contributed by atoms with Gasteiger partial charge in [0.1, 0.15) is 0 Å². The largest absolute Gasteiger partial charge is 0.451 e. The molecule has 6 nitrogen and oxygen atoms in total. The summed E-state index contributed by atoms with van der Waals surface area (Å²) >= 11 is 8.41. The number of halogens is 8. The third-order valence-corrected chi connectivity index (χ3v) is 7.54. The Kier molecular flexibility index (Phi) is 6.77. The van der Waals surface area contributed by atoms with Crippen LogP contribution < -0.4 is 4.90 Å². The number of fused-ring (bicyclic) bond motifs is 3. The standard InChI is InChI=1S/C22H19ClF6IN5O/c23-11-7-13-12-3-4-35(20-33-18(21(24,25)26)32-19(34-20)22(27,28)29)15(6-10-2-1-5-36-9-10)17(12)31-16(13)14(30)8-11/h7-8,10,15,31H,1-6,9H2/t10-,15-/m0/s1. The van der Waals surface area contributed by atoms with Gasteiger partial charge in [-0.3, -0.25) is 0 Å². The normalized spacial score (nSPS) is 21.2. The van der Waals surface area contributed by atoms with Crippen molar-refractivity contribution in [2.45, 2.75) is 44.1 Å². The van der Waals surface area contributed by atoms with Crippen molar-refractivity contribution in [3.8, 4) is 0 Å². The summed E-state index contributed by atoms with van der Waals surface area (Å²) in [5.74, 6) is -4.33. The molecule has 0 amide bonds. The Morgan fingerprint density at radius 1 is 1.08 bits per heavy atom. The van der Waals surface area contributed by atoms with Crippen molar-refractivity contribution in [3.05, 3.63) is 43.6 Å². The average Bonchev–Trinajstić information content (AvgIpc) is 3.18. The van der Waals surface area contributed by atoms with Crippen LogP contribution in [0.4, 0.5) is 32.3 Å². The van der Waals surface area contributed by atoms with Gasteiger partial charge in [0.25, 0.3) is 0 Å². The molecule has 0 unspecified atom stereocenters. The highest BCUT2D eigenvalue weighted by molar-refractivity contribution is 14.1. The second-order valence-corrected chi connectivity index (χ2v) is 10.5. The van der Waals surface area contributed by atoms with E-state index in [0.717, 1.165) is 32.9 Å². The van der Waals surface area contributed by atoms with Gasteiger partial charge < -0.3 is 14.6 Å².